The zero-order valence-electron chi connectivity index (χ0n) is 17.6. The zero-order chi connectivity index (χ0) is 21.8. The summed E-state index contributed by atoms with van der Waals surface area (Å²) < 4.78 is 0. The molecule has 6 heteroatoms. The number of unbranched alkanes of at least 4 members (excludes halogenated alkanes) is 1. The van der Waals surface area contributed by atoms with Crippen LogP contribution in [0, 0.1) is 11.8 Å². The molecule has 166 valence electrons. The van der Waals surface area contributed by atoms with E-state index < -0.39 is 24.3 Å². The monoisotopic (exact) mass is 418 g/mol. The van der Waals surface area contributed by atoms with E-state index in [9.17, 15) is 20.1 Å². The fraction of sp³-hybridized carbons (Fsp3) is 0.542. The first-order valence-corrected chi connectivity index (χ1v) is 10.7. The molecule has 1 aromatic rings. The Morgan fingerprint density at radius 1 is 1.20 bits per heavy atom. The lowest BCUT2D eigenvalue weighted by Crippen LogP contribution is -2.20. The zero-order valence-corrected chi connectivity index (χ0v) is 17.6. The Hall–Kier alpha value is -1.99. The van der Waals surface area contributed by atoms with Crippen LogP contribution in [0.25, 0.3) is 0 Å². The summed E-state index contributed by atoms with van der Waals surface area (Å²) in [6.45, 7) is 0. The van der Waals surface area contributed by atoms with Crippen LogP contribution in [0.5, 0.6) is 0 Å². The number of carbonyl (C=O) groups excluding carboxylic acids is 1. The van der Waals surface area contributed by atoms with Crippen LogP contribution in [0.4, 0.5) is 0 Å². The molecule has 1 aliphatic rings. The van der Waals surface area contributed by atoms with Crippen LogP contribution < -0.4 is 0 Å². The number of carbonyl (C=O) groups is 1. The third-order valence-corrected chi connectivity index (χ3v) is 5.55. The van der Waals surface area contributed by atoms with Crippen LogP contribution in [-0.4, -0.2) is 46.7 Å². The predicted molar refractivity (Wildman–Crippen MR) is 114 cm³/mol. The van der Waals surface area contributed by atoms with E-state index in [4.69, 9.17) is 0 Å². The molecule has 0 heterocycles. The fourth-order valence-corrected chi connectivity index (χ4v) is 3.89. The maximum absolute atomic E-state index is 11.2. The van der Waals surface area contributed by atoms with E-state index in [0.29, 0.717) is 25.7 Å². The molecule has 1 aliphatic carbocycles. The number of aliphatic hydroxyl groups excluding tert-OH is 3. The Balaban J connectivity index is 1.78. The molecule has 0 radical (unpaired) electrons. The molecule has 30 heavy (non-hydrogen) atoms. The summed E-state index contributed by atoms with van der Waals surface area (Å²) in [5, 5.41) is 30.9. The lowest BCUT2D eigenvalue weighted by atomic mass is 9.89. The van der Waals surface area contributed by atoms with E-state index in [0.717, 1.165) is 12.8 Å². The average molecular weight is 419 g/mol. The fourth-order valence-electron chi connectivity index (χ4n) is 3.89. The number of hydrogen-bond acceptors (Lipinski definition) is 6. The summed E-state index contributed by atoms with van der Waals surface area (Å²) in [7, 11) is 1.30. The number of aliphatic hydroxyl groups is 3. The summed E-state index contributed by atoms with van der Waals surface area (Å²) in [4.78, 5) is 19.9. The van der Waals surface area contributed by atoms with E-state index in [-0.39, 0.29) is 18.3 Å². The summed E-state index contributed by atoms with van der Waals surface area (Å²) in [6, 6.07) is 10.0. The molecule has 5 atom stereocenters. The SMILES string of the molecule is COOC(=O)CCC/C=C\C[C@@H]1[C@@H](/C=C/[C@@H](O)CCc2ccccc2)[C@H](O)C[C@@H]1O. The topological polar surface area (TPSA) is 96.2 Å². The first kappa shape index (κ1) is 24.3. The Labute approximate surface area is 178 Å². The van der Waals surface area contributed by atoms with Crippen molar-refractivity contribution in [2.75, 3.05) is 7.11 Å². The van der Waals surface area contributed by atoms with Gasteiger partial charge in [0.15, 0.2) is 0 Å². The van der Waals surface area contributed by atoms with Gasteiger partial charge < -0.3 is 15.3 Å². The van der Waals surface area contributed by atoms with Crippen molar-refractivity contribution in [3.63, 3.8) is 0 Å². The maximum atomic E-state index is 11.2. The van der Waals surface area contributed by atoms with Crippen LogP contribution in [-0.2, 0) is 21.0 Å². The quantitative estimate of drug-likeness (QED) is 0.209. The molecule has 0 aromatic heterocycles. The largest absolute Gasteiger partial charge is 0.393 e. The smallest absolute Gasteiger partial charge is 0.342 e. The summed E-state index contributed by atoms with van der Waals surface area (Å²) >= 11 is 0. The van der Waals surface area contributed by atoms with Gasteiger partial charge in [-0.2, -0.15) is 4.89 Å². The third-order valence-electron chi connectivity index (χ3n) is 5.55. The molecule has 1 fully saturated rings. The number of aryl methyl sites for hydroxylation is 1. The number of rotatable bonds is 12. The molecule has 0 unspecified atom stereocenters. The Morgan fingerprint density at radius 2 is 1.97 bits per heavy atom. The summed E-state index contributed by atoms with van der Waals surface area (Å²) in [5.74, 6) is -0.670. The minimum atomic E-state index is -0.611. The van der Waals surface area contributed by atoms with Gasteiger partial charge in [0.25, 0.3) is 0 Å². The van der Waals surface area contributed by atoms with Crippen molar-refractivity contribution in [2.45, 2.75) is 63.3 Å². The van der Waals surface area contributed by atoms with Crippen molar-refractivity contribution < 1.29 is 29.9 Å². The van der Waals surface area contributed by atoms with Gasteiger partial charge in [-0.25, -0.2) is 4.79 Å². The molecule has 6 nitrogen and oxygen atoms in total. The van der Waals surface area contributed by atoms with E-state index >= 15 is 0 Å². The number of hydrogen-bond donors (Lipinski definition) is 3. The Bertz CT molecular complexity index is 672. The molecule has 0 saturated heterocycles. The van der Waals surface area contributed by atoms with Gasteiger partial charge in [-0.15, -0.1) is 0 Å². The minimum Gasteiger partial charge on any atom is -0.393 e. The van der Waals surface area contributed by atoms with Crippen LogP contribution in [0.3, 0.4) is 0 Å². The predicted octanol–water partition coefficient (Wildman–Crippen LogP) is 3.12. The number of allylic oxidation sites excluding steroid dienone is 2. The molecule has 0 aliphatic heterocycles. The highest BCUT2D eigenvalue weighted by Gasteiger charge is 2.39. The Morgan fingerprint density at radius 3 is 2.70 bits per heavy atom. The summed E-state index contributed by atoms with van der Waals surface area (Å²) in [6.07, 6.45) is 9.84. The standard InChI is InChI=1S/C24H34O6/c1-29-30-24(28)12-8-3-2-7-11-20-21(23(27)17-22(20)26)16-15-19(25)14-13-18-9-5-4-6-10-18/h2,4-7,9-10,15-16,19-23,25-27H,3,8,11-14,17H2,1H3/b7-2-,16-15+/t19-,20+,21+,22-,23+/m0/s1. The van der Waals surface area contributed by atoms with Crippen molar-refractivity contribution in [1.29, 1.82) is 0 Å². The van der Waals surface area contributed by atoms with Gasteiger partial charge in [0.05, 0.1) is 25.4 Å². The minimum absolute atomic E-state index is 0.0905. The van der Waals surface area contributed by atoms with Crippen LogP contribution in [0.15, 0.2) is 54.6 Å². The molecular weight excluding hydrogens is 384 g/mol. The molecule has 0 amide bonds. The summed E-state index contributed by atoms with van der Waals surface area (Å²) in [5.41, 5.74) is 1.18. The highest BCUT2D eigenvalue weighted by molar-refractivity contribution is 5.68. The first-order valence-electron chi connectivity index (χ1n) is 10.7. The van der Waals surface area contributed by atoms with Crippen LogP contribution in [0.1, 0.15) is 44.1 Å². The van der Waals surface area contributed by atoms with Crippen molar-refractivity contribution in [2.24, 2.45) is 11.8 Å². The van der Waals surface area contributed by atoms with E-state index in [1.54, 1.807) is 6.08 Å². The average Bonchev–Trinajstić information content (AvgIpc) is 3.00. The molecule has 0 bridgehead atoms. The van der Waals surface area contributed by atoms with Crippen molar-refractivity contribution in [3.05, 3.63) is 60.2 Å². The van der Waals surface area contributed by atoms with Crippen molar-refractivity contribution in [1.82, 2.24) is 0 Å². The van der Waals surface area contributed by atoms with Gasteiger partial charge in [0.2, 0.25) is 0 Å². The van der Waals surface area contributed by atoms with Gasteiger partial charge in [-0.1, -0.05) is 54.6 Å². The molecule has 1 aromatic carbocycles. The maximum Gasteiger partial charge on any atom is 0.342 e. The second-order valence-electron chi connectivity index (χ2n) is 7.81. The van der Waals surface area contributed by atoms with Crippen LogP contribution in [0.2, 0.25) is 0 Å². The van der Waals surface area contributed by atoms with Gasteiger partial charge in [0.1, 0.15) is 0 Å². The second kappa shape index (κ2) is 13.3. The van der Waals surface area contributed by atoms with Crippen LogP contribution >= 0.6 is 0 Å². The molecular formula is C24H34O6. The van der Waals surface area contributed by atoms with Gasteiger partial charge in [0, 0.05) is 18.8 Å². The van der Waals surface area contributed by atoms with Gasteiger partial charge in [-0.05, 0) is 43.6 Å². The van der Waals surface area contributed by atoms with E-state index in [1.165, 1.54) is 12.7 Å². The third kappa shape index (κ3) is 8.40. The molecule has 3 N–H and O–H groups in total. The van der Waals surface area contributed by atoms with Crippen molar-refractivity contribution >= 4 is 5.97 Å². The van der Waals surface area contributed by atoms with E-state index in [1.807, 2.05) is 48.6 Å². The van der Waals surface area contributed by atoms with Gasteiger partial charge in [-0.3, -0.25) is 4.89 Å². The molecule has 1 saturated carbocycles. The lowest BCUT2D eigenvalue weighted by Gasteiger charge is -2.19. The van der Waals surface area contributed by atoms with E-state index in [2.05, 4.69) is 9.78 Å². The second-order valence-corrected chi connectivity index (χ2v) is 7.81. The lowest BCUT2D eigenvalue weighted by molar-refractivity contribution is -0.255. The van der Waals surface area contributed by atoms with Gasteiger partial charge >= 0.3 is 5.97 Å². The first-order chi connectivity index (χ1) is 14.5. The van der Waals surface area contributed by atoms with Crippen molar-refractivity contribution in [3.8, 4) is 0 Å². The highest BCUT2D eigenvalue weighted by atomic mass is 17.2. The molecule has 2 rings (SSSR count). The molecule has 0 spiro atoms. The normalized spacial score (nSPS) is 25.2. The highest BCUT2D eigenvalue weighted by Crippen LogP contribution is 2.36. The number of benzene rings is 1. The Kier molecular flexibility index (Phi) is 10.8.